The van der Waals surface area contributed by atoms with E-state index in [0.717, 1.165) is 32.2 Å². The zero-order chi connectivity index (χ0) is 18.5. The average Bonchev–Trinajstić information content (AvgIpc) is 2.60. The molecule has 3 N–H and O–H groups in total. The average molecular weight is 359 g/mol. The Kier molecular flexibility index (Phi) is 6.14. The Morgan fingerprint density at radius 1 is 1.27 bits per heavy atom. The fraction of sp³-hybridized carbons (Fsp3) is 0.600. The monoisotopic (exact) mass is 359 g/mol. The quantitative estimate of drug-likeness (QED) is 0.698. The molecule has 2 aliphatic rings. The van der Waals surface area contributed by atoms with Crippen molar-refractivity contribution in [1.82, 2.24) is 15.5 Å². The fourth-order valence-electron chi connectivity index (χ4n) is 4.20. The summed E-state index contributed by atoms with van der Waals surface area (Å²) in [5.41, 5.74) is 2.78. The van der Waals surface area contributed by atoms with Crippen LogP contribution in [0, 0.1) is 0 Å². The molecule has 1 fully saturated rings. The van der Waals surface area contributed by atoms with Gasteiger partial charge in [-0.1, -0.05) is 31.2 Å². The number of fused-ring (bicyclic) bond motifs is 1. The van der Waals surface area contributed by atoms with Crippen molar-refractivity contribution >= 4 is 12.0 Å². The summed E-state index contributed by atoms with van der Waals surface area (Å²) in [4.78, 5) is 25.0. The van der Waals surface area contributed by atoms with E-state index in [1.807, 2.05) is 11.8 Å². The second-order valence-corrected chi connectivity index (χ2v) is 7.42. The number of aliphatic carboxylic acids is 1. The van der Waals surface area contributed by atoms with Gasteiger partial charge in [-0.25, -0.2) is 4.79 Å². The standard InChI is InChI=1S/C20H29N3O3/c1-2-23(13-19(24)25)17-10-16(11-17)22-20(26)21-12-15-8-5-7-14-6-3-4-9-18(14)15/h3-4,6,9,15-17H,2,5,7-8,10-13H2,1H3,(H,24,25)(H2,21,22,26). The van der Waals surface area contributed by atoms with Crippen molar-refractivity contribution in [2.24, 2.45) is 0 Å². The lowest BCUT2D eigenvalue weighted by atomic mass is 9.83. The topological polar surface area (TPSA) is 81.7 Å². The van der Waals surface area contributed by atoms with Crippen LogP contribution in [0.25, 0.3) is 0 Å². The van der Waals surface area contributed by atoms with Gasteiger partial charge in [0.15, 0.2) is 0 Å². The molecular formula is C20H29N3O3. The second-order valence-electron chi connectivity index (χ2n) is 7.42. The van der Waals surface area contributed by atoms with Gasteiger partial charge in [0.1, 0.15) is 0 Å². The molecule has 0 aliphatic heterocycles. The Balaban J connectivity index is 1.40. The Morgan fingerprint density at radius 3 is 2.77 bits per heavy atom. The van der Waals surface area contributed by atoms with Crippen LogP contribution in [-0.2, 0) is 11.2 Å². The lowest BCUT2D eigenvalue weighted by Gasteiger charge is -2.42. The van der Waals surface area contributed by atoms with E-state index >= 15 is 0 Å². The Labute approximate surface area is 155 Å². The zero-order valence-electron chi connectivity index (χ0n) is 15.4. The van der Waals surface area contributed by atoms with E-state index in [1.165, 1.54) is 17.5 Å². The number of urea groups is 1. The highest BCUT2D eigenvalue weighted by atomic mass is 16.4. The third-order valence-corrected chi connectivity index (χ3v) is 5.71. The summed E-state index contributed by atoms with van der Waals surface area (Å²) in [7, 11) is 0. The van der Waals surface area contributed by atoms with Crippen molar-refractivity contribution in [3.05, 3.63) is 35.4 Å². The van der Waals surface area contributed by atoms with Gasteiger partial charge in [0.2, 0.25) is 0 Å². The molecule has 0 radical (unpaired) electrons. The predicted octanol–water partition coefficient (Wildman–Crippen LogP) is 2.34. The van der Waals surface area contributed by atoms with Gasteiger partial charge in [-0.15, -0.1) is 0 Å². The highest BCUT2D eigenvalue weighted by Gasteiger charge is 2.34. The third-order valence-electron chi connectivity index (χ3n) is 5.71. The van der Waals surface area contributed by atoms with E-state index in [1.54, 1.807) is 0 Å². The third kappa shape index (κ3) is 4.55. The molecule has 6 heteroatoms. The number of carboxylic acid groups (broad SMARTS) is 1. The molecular weight excluding hydrogens is 330 g/mol. The molecule has 0 spiro atoms. The van der Waals surface area contributed by atoms with Crippen molar-refractivity contribution in [2.45, 2.75) is 57.0 Å². The molecule has 2 aliphatic carbocycles. The number of rotatable bonds is 7. The fourth-order valence-corrected chi connectivity index (χ4v) is 4.20. The first-order valence-corrected chi connectivity index (χ1v) is 9.64. The highest BCUT2D eigenvalue weighted by Crippen LogP contribution is 2.31. The minimum absolute atomic E-state index is 0.0706. The number of nitrogens with one attached hydrogen (secondary N) is 2. The van der Waals surface area contributed by atoms with Crippen molar-refractivity contribution in [3.8, 4) is 0 Å². The van der Waals surface area contributed by atoms with Crippen molar-refractivity contribution in [1.29, 1.82) is 0 Å². The van der Waals surface area contributed by atoms with Crippen LogP contribution in [0.3, 0.4) is 0 Å². The van der Waals surface area contributed by atoms with E-state index in [4.69, 9.17) is 5.11 Å². The van der Waals surface area contributed by atoms with Crippen LogP contribution in [0.4, 0.5) is 4.79 Å². The Bertz CT molecular complexity index is 643. The summed E-state index contributed by atoms with van der Waals surface area (Å²) in [5, 5.41) is 15.0. The molecule has 0 saturated heterocycles. The van der Waals surface area contributed by atoms with Gasteiger partial charge in [0, 0.05) is 24.5 Å². The number of hydrogen-bond acceptors (Lipinski definition) is 3. The van der Waals surface area contributed by atoms with Crippen LogP contribution < -0.4 is 10.6 Å². The van der Waals surface area contributed by atoms with E-state index in [-0.39, 0.29) is 24.7 Å². The summed E-state index contributed by atoms with van der Waals surface area (Å²) in [6, 6.07) is 8.80. The first-order valence-electron chi connectivity index (χ1n) is 9.64. The van der Waals surface area contributed by atoms with Crippen molar-refractivity contribution in [3.63, 3.8) is 0 Å². The SMILES string of the molecule is CCN(CC(=O)O)C1CC(NC(=O)NCC2CCCc3ccccc32)C1. The molecule has 3 rings (SSSR count). The maximum Gasteiger partial charge on any atom is 0.317 e. The molecule has 0 heterocycles. The molecule has 6 nitrogen and oxygen atoms in total. The Morgan fingerprint density at radius 2 is 2.04 bits per heavy atom. The van der Waals surface area contributed by atoms with Gasteiger partial charge in [-0.05, 0) is 49.8 Å². The van der Waals surface area contributed by atoms with Gasteiger partial charge in [0.25, 0.3) is 0 Å². The summed E-state index contributed by atoms with van der Waals surface area (Å²) >= 11 is 0. The molecule has 0 bridgehead atoms. The molecule has 1 aromatic carbocycles. The van der Waals surface area contributed by atoms with E-state index in [9.17, 15) is 9.59 Å². The lowest BCUT2D eigenvalue weighted by molar-refractivity contribution is -0.139. The van der Waals surface area contributed by atoms with Gasteiger partial charge < -0.3 is 15.7 Å². The van der Waals surface area contributed by atoms with Crippen molar-refractivity contribution in [2.75, 3.05) is 19.6 Å². The minimum atomic E-state index is -0.797. The number of carbonyl (C=O) groups excluding carboxylic acids is 1. The number of hydrogen-bond donors (Lipinski definition) is 3. The van der Waals surface area contributed by atoms with Crippen LogP contribution in [0.2, 0.25) is 0 Å². The number of benzene rings is 1. The van der Waals surface area contributed by atoms with Gasteiger partial charge >= 0.3 is 12.0 Å². The van der Waals surface area contributed by atoms with Crippen LogP contribution in [0.5, 0.6) is 0 Å². The molecule has 1 aromatic rings. The number of amides is 2. The van der Waals surface area contributed by atoms with Crippen molar-refractivity contribution < 1.29 is 14.7 Å². The van der Waals surface area contributed by atoms with Gasteiger partial charge in [-0.2, -0.15) is 0 Å². The molecule has 0 aromatic heterocycles. The zero-order valence-corrected chi connectivity index (χ0v) is 15.4. The van der Waals surface area contributed by atoms with E-state index in [2.05, 4.69) is 34.9 Å². The minimum Gasteiger partial charge on any atom is -0.480 e. The van der Waals surface area contributed by atoms with Crippen LogP contribution in [0.1, 0.15) is 49.7 Å². The van der Waals surface area contributed by atoms with E-state index in [0.29, 0.717) is 12.5 Å². The molecule has 2 amide bonds. The van der Waals surface area contributed by atoms with Gasteiger partial charge in [0.05, 0.1) is 6.54 Å². The summed E-state index contributed by atoms with van der Waals surface area (Å²) in [6.07, 6.45) is 5.06. The highest BCUT2D eigenvalue weighted by molar-refractivity contribution is 5.74. The lowest BCUT2D eigenvalue weighted by Crippen LogP contribution is -2.56. The normalized spacial score (nSPS) is 24.5. The number of carboxylic acids is 1. The molecule has 1 atom stereocenters. The molecule has 142 valence electrons. The summed E-state index contributed by atoms with van der Waals surface area (Å²) in [5.74, 6) is -0.403. The number of carbonyl (C=O) groups is 2. The first kappa shape index (κ1) is 18.7. The van der Waals surface area contributed by atoms with Crippen LogP contribution in [0.15, 0.2) is 24.3 Å². The number of aryl methyl sites for hydroxylation is 1. The maximum atomic E-state index is 12.2. The Hall–Kier alpha value is -2.08. The number of likely N-dealkylation sites (N-methyl/N-ethyl adjacent to an activating group) is 1. The molecule has 1 unspecified atom stereocenters. The predicted molar refractivity (Wildman–Crippen MR) is 100 cm³/mol. The molecule has 26 heavy (non-hydrogen) atoms. The van der Waals surface area contributed by atoms with E-state index < -0.39 is 5.97 Å². The summed E-state index contributed by atoms with van der Waals surface area (Å²) in [6.45, 7) is 3.43. The summed E-state index contributed by atoms with van der Waals surface area (Å²) < 4.78 is 0. The van der Waals surface area contributed by atoms with Gasteiger partial charge in [-0.3, -0.25) is 9.69 Å². The second kappa shape index (κ2) is 8.54. The molecule has 1 saturated carbocycles. The number of nitrogens with zero attached hydrogens (tertiary/aromatic N) is 1. The first-order chi connectivity index (χ1) is 12.6. The maximum absolute atomic E-state index is 12.2. The smallest absolute Gasteiger partial charge is 0.317 e. The van der Waals surface area contributed by atoms with Crippen LogP contribution >= 0.6 is 0 Å². The van der Waals surface area contributed by atoms with Crippen LogP contribution in [-0.4, -0.2) is 53.7 Å². The largest absolute Gasteiger partial charge is 0.480 e.